The van der Waals surface area contributed by atoms with Crippen LogP contribution in [0, 0.1) is 6.92 Å². The molecule has 0 fully saturated rings. The van der Waals surface area contributed by atoms with Gasteiger partial charge in [-0.3, -0.25) is 9.36 Å². The number of thioether (sulfide) groups is 1. The minimum absolute atomic E-state index is 0.163. The summed E-state index contributed by atoms with van der Waals surface area (Å²) in [5.74, 6) is 0.356. The van der Waals surface area contributed by atoms with Gasteiger partial charge in [-0.15, -0.1) is 10.2 Å². The van der Waals surface area contributed by atoms with E-state index in [-0.39, 0.29) is 11.7 Å². The lowest BCUT2D eigenvalue weighted by atomic mass is 10.2. The molecule has 1 aromatic carbocycles. The van der Waals surface area contributed by atoms with Crippen molar-refractivity contribution in [2.45, 2.75) is 12.1 Å². The van der Waals surface area contributed by atoms with Gasteiger partial charge < -0.3 is 11.1 Å². The first-order valence-corrected chi connectivity index (χ1v) is 7.17. The van der Waals surface area contributed by atoms with Crippen molar-refractivity contribution in [2.75, 3.05) is 16.8 Å². The minimum atomic E-state index is -0.163. The maximum absolute atomic E-state index is 11.9. The van der Waals surface area contributed by atoms with Gasteiger partial charge in [0.05, 0.1) is 16.5 Å². The summed E-state index contributed by atoms with van der Waals surface area (Å²) in [4.78, 5) is 11.9. The third-order valence-electron chi connectivity index (χ3n) is 2.60. The molecule has 3 N–H and O–H groups in total. The highest BCUT2D eigenvalue weighted by molar-refractivity contribution is 7.99. The molecule has 2 aromatic rings. The second-order valence-electron chi connectivity index (χ2n) is 4.22. The molecular weight excluding hydrogens is 298 g/mol. The summed E-state index contributed by atoms with van der Waals surface area (Å²) in [6.07, 6.45) is 0. The van der Waals surface area contributed by atoms with Gasteiger partial charge in [0.1, 0.15) is 0 Å². The number of halogens is 1. The number of anilines is 2. The van der Waals surface area contributed by atoms with Crippen molar-refractivity contribution in [1.29, 1.82) is 0 Å². The first-order chi connectivity index (χ1) is 9.47. The summed E-state index contributed by atoms with van der Waals surface area (Å²) >= 11 is 7.28. The summed E-state index contributed by atoms with van der Waals surface area (Å²) in [5.41, 5.74) is 7.20. The van der Waals surface area contributed by atoms with Crippen LogP contribution in [0.15, 0.2) is 23.4 Å². The Morgan fingerprint density at radius 1 is 1.50 bits per heavy atom. The summed E-state index contributed by atoms with van der Waals surface area (Å²) in [5, 5.41) is 11.5. The van der Waals surface area contributed by atoms with Gasteiger partial charge in [-0.05, 0) is 24.6 Å². The molecule has 6 nitrogen and oxygen atoms in total. The Morgan fingerprint density at radius 3 is 2.90 bits per heavy atom. The number of nitrogen functional groups attached to an aromatic ring is 1. The maximum Gasteiger partial charge on any atom is 0.234 e. The van der Waals surface area contributed by atoms with Gasteiger partial charge in [0.15, 0.2) is 5.16 Å². The van der Waals surface area contributed by atoms with Crippen molar-refractivity contribution in [2.24, 2.45) is 7.05 Å². The van der Waals surface area contributed by atoms with Crippen LogP contribution in [-0.2, 0) is 11.8 Å². The number of hydrogen-bond donors (Lipinski definition) is 2. The predicted octanol–water partition coefficient (Wildman–Crippen LogP) is 2.09. The Balaban J connectivity index is 1.96. The lowest BCUT2D eigenvalue weighted by molar-refractivity contribution is -0.113. The summed E-state index contributed by atoms with van der Waals surface area (Å²) < 4.78 is 1.62. The Hall–Kier alpha value is -1.73. The number of carbonyl (C=O) groups excluding carboxylic acids is 1. The molecule has 0 aliphatic rings. The number of rotatable bonds is 4. The second-order valence-corrected chi connectivity index (χ2v) is 5.57. The Morgan fingerprint density at radius 2 is 2.25 bits per heavy atom. The Kier molecular flexibility index (Phi) is 4.51. The summed E-state index contributed by atoms with van der Waals surface area (Å²) in [7, 11) is 1.74. The van der Waals surface area contributed by atoms with Crippen LogP contribution in [0.4, 0.5) is 11.6 Å². The first-order valence-electron chi connectivity index (χ1n) is 5.81. The molecule has 1 heterocycles. The van der Waals surface area contributed by atoms with Gasteiger partial charge in [-0.25, -0.2) is 0 Å². The molecule has 2 rings (SSSR count). The Bertz CT molecular complexity index is 643. The fourth-order valence-corrected chi connectivity index (χ4v) is 2.39. The SMILES string of the molecule is Cc1ccc(Cl)c(NC(=O)CSc2nnc(N)n2C)c1. The number of nitrogens with two attached hydrogens (primary N) is 1. The summed E-state index contributed by atoms with van der Waals surface area (Å²) in [6.45, 7) is 1.93. The number of nitrogens with zero attached hydrogens (tertiary/aromatic N) is 3. The molecule has 1 amide bonds. The van der Waals surface area contributed by atoms with E-state index in [0.29, 0.717) is 21.8 Å². The lowest BCUT2D eigenvalue weighted by Gasteiger charge is -2.07. The second kappa shape index (κ2) is 6.15. The van der Waals surface area contributed by atoms with E-state index in [1.54, 1.807) is 17.7 Å². The van der Waals surface area contributed by atoms with Crippen molar-refractivity contribution < 1.29 is 4.79 Å². The molecule has 0 radical (unpaired) electrons. The molecule has 0 bridgehead atoms. The zero-order chi connectivity index (χ0) is 14.7. The number of aromatic nitrogens is 3. The average molecular weight is 312 g/mol. The topological polar surface area (TPSA) is 85.8 Å². The standard InChI is InChI=1S/C12H14ClN5OS/c1-7-3-4-8(13)9(5-7)15-10(19)6-20-12-17-16-11(14)18(12)2/h3-5H,6H2,1-2H3,(H2,14,16)(H,15,19). The quantitative estimate of drug-likeness (QED) is 0.844. The Labute approximate surface area is 125 Å². The lowest BCUT2D eigenvalue weighted by Crippen LogP contribution is -2.15. The van der Waals surface area contributed by atoms with E-state index in [9.17, 15) is 4.79 Å². The largest absolute Gasteiger partial charge is 0.368 e. The molecule has 20 heavy (non-hydrogen) atoms. The summed E-state index contributed by atoms with van der Waals surface area (Å²) in [6, 6.07) is 5.46. The van der Waals surface area contributed by atoms with E-state index in [1.165, 1.54) is 11.8 Å². The molecule has 0 saturated heterocycles. The van der Waals surface area contributed by atoms with Crippen LogP contribution in [0.2, 0.25) is 5.02 Å². The van der Waals surface area contributed by atoms with Crippen molar-refractivity contribution in [3.8, 4) is 0 Å². The van der Waals surface area contributed by atoms with Crippen molar-refractivity contribution in [3.63, 3.8) is 0 Å². The van der Waals surface area contributed by atoms with Crippen LogP contribution in [0.5, 0.6) is 0 Å². The van der Waals surface area contributed by atoms with E-state index in [1.807, 2.05) is 19.1 Å². The number of nitrogens with one attached hydrogen (secondary N) is 1. The first kappa shape index (κ1) is 14.7. The van der Waals surface area contributed by atoms with Gasteiger partial charge >= 0.3 is 0 Å². The highest BCUT2D eigenvalue weighted by Gasteiger charge is 2.11. The van der Waals surface area contributed by atoms with E-state index >= 15 is 0 Å². The van der Waals surface area contributed by atoms with Gasteiger partial charge in [0.2, 0.25) is 11.9 Å². The van der Waals surface area contributed by atoms with Crippen LogP contribution in [0.3, 0.4) is 0 Å². The molecule has 0 spiro atoms. The van der Waals surface area contributed by atoms with Crippen LogP contribution in [-0.4, -0.2) is 26.4 Å². The van der Waals surface area contributed by atoms with Crippen LogP contribution < -0.4 is 11.1 Å². The molecule has 1 aromatic heterocycles. The van der Waals surface area contributed by atoms with E-state index < -0.39 is 0 Å². The van der Waals surface area contributed by atoms with E-state index in [0.717, 1.165) is 5.56 Å². The normalized spacial score (nSPS) is 10.6. The molecular formula is C12H14ClN5OS. The average Bonchev–Trinajstić information content (AvgIpc) is 2.72. The third kappa shape index (κ3) is 3.43. The monoisotopic (exact) mass is 311 g/mol. The van der Waals surface area contributed by atoms with Gasteiger partial charge in [0, 0.05) is 7.05 Å². The number of hydrogen-bond acceptors (Lipinski definition) is 5. The van der Waals surface area contributed by atoms with E-state index in [2.05, 4.69) is 15.5 Å². The maximum atomic E-state index is 11.9. The van der Waals surface area contributed by atoms with Gasteiger partial charge in [0.25, 0.3) is 0 Å². The van der Waals surface area contributed by atoms with Crippen LogP contribution >= 0.6 is 23.4 Å². The smallest absolute Gasteiger partial charge is 0.234 e. The molecule has 0 unspecified atom stereocenters. The number of benzene rings is 1. The zero-order valence-corrected chi connectivity index (χ0v) is 12.6. The van der Waals surface area contributed by atoms with Gasteiger partial charge in [-0.1, -0.05) is 29.4 Å². The molecule has 0 aliphatic carbocycles. The molecule has 8 heteroatoms. The third-order valence-corrected chi connectivity index (χ3v) is 3.95. The number of amides is 1. The van der Waals surface area contributed by atoms with Crippen molar-refractivity contribution in [3.05, 3.63) is 28.8 Å². The highest BCUT2D eigenvalue weighted by atomic mass is 35.5. The van der Waals surface area contributed by atoms with Gasteiger partial charge in [-0.2, -0.15) is 0 Å². The molecule has 0 atom stereocenters. The molecule has 106 valence electrons. The van der Waals surface area contributed by atoms with E-state index in [4.69, 9.17) is 17.3 Å². The molecule has 0 aliphatic heterocycles. The van der Waals surface area contributed by atoms with Crippen LogP contribution in [0.1, 0.15) is 5.56 Å². The molecule has 0 saturated carbocycles. The van der Waals surface area contributed by atoms with Crippen LogP contribution in [0.25, 0.3) is 0 Å². The number of carbonyl (C=O) groups is 1. The zero-order valence-electron chi connectivity index (χ0n) is 11.1. The minimum Gasteiger partial charge on any atom is -0.368 e. The fourth-order valence-electron chi connectivity index (χ4n) is 1.50. The highest BCUT2D eigenvalue weighted by Crippen LogP contribution is 2.23. The fraction of sp³-hybridized carbons (Fsp3) is 0.250. The predicted molar refractivity (Wildman–Crippen MR) is 81.0 cm³/mol. The number of aryl methyl sites for hydroxylation is 1. The van der Waals surface area contributed by atoms with Crippen molar-refractivity contribution >= 4 is 40.9 Å². The van der Waals surface area contributed by atoms with Crippen molar-refractivity contribution in [1.82, 2.24) is 14.8 Å².